The maximum atomic E-state index is 12.5. The minimum absolute atomic E-state index is 0.0632. The molecule has 1 aromatic carbocycles. The standard InChI is InChI=1S/C19H23NO3/c1-2-10-20-15-8-9-16(20)12-17(11-15)23-19(22)18(13-21)14-6-4-3-5-7-14/h1,3-7,15-18,21H,8-13H2/t15-,16+,17?,18?. The normalized spacial score (nSPS) is 28.1. The zero-order chi connectivity index (χ0) is 16.2. The summed E-state index contributed by atoms with van der Waals surface area (Å²) in [5.41, 5.74) is 0.799. The Morgan fingerprint density at radius 2 is 1.96 bits per heavy atom. The van der Waals surface area contributed by atoms with E-state index in [2.05, 4.69) is 10.8 Å². The number of carbonyl (C=O) groups excluding carboxylic acids is 1. The number of piperidine rings is 1. The van der Waals surface area contributed by atoms with Gasteiger partial charge in [-0.05, 0) is 18.4 Å². The third kappa shape index (κ3) is 3.41. The molecule has 4 heteroatoms. The van der Waals surface area contributed by atoms with E-state index in [1.54, 1.807) is 0 Å². The third-order valence-electron chi connectivity index (χ3n) is 5.07. The van der Waals surface area contributed by atoms with E-state index in [4.69, 9.17) is 11.2 Å². The molecule has 2 unspecified atom stereocenters. The van der Waals surface area contributed by atoms with Crippen molar-refractivity contribution in [1.29, 1.82) is 0 Å². The van der Waals surface area contributed by atoms with Crippen molar-refractivity contribution in [3.8, 4) is 12.3 Å². The lowest BCUT2D eigenvalue weighted by Gasteiger charge is -2.37. The Kier molecular flexibility index (Phi) is 5.00. The topological polar surface area (TPSA) is 49.8 Å². The molecule has 2 aliphatic rings. The highest BCUT2D eigenvalue weighted by Gasteiger charge is 2.42. The maximum Gasteiger partial charge on any atom is 0.316 e. The fourth-order valence-electron chi connectivity index (χ4n) is 3.93. The molecule has 2 bridgehead atoms. The molecule has 0 radical (unpaired) electrons. The van der Waals surface area contributed by atoms with Crippen LogP contribution >= 0.6 is 0 Å². The summed E-state index contributed by atoms with van der Waals surface area (Å²) in [5, 5.41) is 9.58. The van der Waals surface area contributed by atoms with Gasteiger partial charge in [0.1, 0.15) is 12.0 Å². The molecule has 1 aromatic rings. The van der Waals surface area contributed by atoms with Gasteiger partial charge in [-0.15, -0.1) is 6.42 Å². The molecule has 0 aromatic heterocycles. The van der Waals surface area contributed by atoms with Crippen LogP contribution in [0.4, 0.5) is 0 Å². The van der Waals surface area contributed by atoms with E-state index >= 15 is 0 Å². The fraction of sp³-hybridized carbons (Fsp3) is 0.526. The average molecular weight is 313 g/mol. The number of hydrogen-bond acceptors (Lipinski definition) is 4. The number of aliphatic hydroxyl groups is 1. The summed E-state index contributed by atoms with van der Waals surface area (Å²) in [6.45, 7) is 0.449. The first kappa shape index (κ1) is 16.0. The predicted molar refractivity (Wildman–Crippen MR) is 87.7 cm³/mol. The van der Waals surface area contributed by atoms with Crippen LogP contribution in [-0.4, -0.2) is 47.3 Å². The minimum Gasteiger partial charge on any atom is -0.462 e. The second kappa shape index (κ2) is 7.16. The van der Waals surface area contributed by atoms with Crippen molar-refractivity contribution in [2.75, 3.05) is 13.2 Å². The Balaban J connectivity index is 1.62. The number of fused-ring (bicyclic) bond motifs is 2. The first-order valence-electron chi connectivity index (χ1n) is 8.28. The number of benzene rings is 1. The van der Waals surface area contributed by atoms with Crippen molar-refractivity contribution < 1.29 is 14.6 Å². The second-order valence-electron chi connectivity index (χ2n) is 6.44. The van der Waals surface area contributed by atoms with Gasteiger partial charge in [0.25, 0.3) is 0 Å². The molecule has 2 saturated heterocycles. The minimum atomic E-state index is -0.599. The van der Waals surface area contributed by atoms with Gasteiger partial charge in [0.2, 0.25) is 0 Å². The van der Waals surface area contributed by atoms with Gasteiger partial charge < -0.3 is 9.84 Å². The Morgan fingerprint density at radius 3 is 2.52 bits per heavy atom. The molecule has 122 valence electrons. The summed E-state index contributed by atoms with van der Waals surface area (Å²) >= 11 is 0. The summed E-state index contributed by atoms with van der Waals surface area (Å²) in [4.78, 5) is 14.8. The molecule has 0 saturated carbocycles. The zero-order valence-corrected chi connectivity index (χ0v) is 13.2. The van der Waals surface area contributed by atoms with Gasteiger partial charge in [0, 0.05) is 24.9 Å². The first-order chi connectivity index (χ1) is 11.2. The van der Waals surface area contributed by atoms with Gasteiger partial charge in [0.15, 0.2) is 0 Å². The van der Waals surface area contributed by atoms with Crippen LogP contribution < -0.4 is 0 Å². The SMILES string of the molecule is C#CCN1[C@@H]2CC[C@H]1CC(OC(=O)C(CO)c1ccccc1)C2. The molecule has 0 spiro atoms. The monoisotopic (exact) mass is 313 g/mol. The van der Waals surface area contributed by atoms with E-state index in [0.29, 0.717) is 18.6 Å². The summed E-state index contributed by atoms with van der Waals surface area (Å²) < 4.78 is 5.73. The van der Waals surface area contributed by atoms with E-state index in [9.17, 15) is 9.90 Å². The molecule has 0 amide bonds. The van der Waals surface area contributed by atoms with E-state index in [1.807, 2.05) is 30.3 Å². The number of aliphatic hydroxyl groups excluding tert-OH is 1. The van der Waals surface area contributed by atoms with Gasteiger partial charge in [-0.1, -0.05) is 36.3 Å². The number of ether oxygens (including phenoxy) is 1. The van der Waals surface area contributed by atoms with Gasteiger partial charge in [-0.2, -0.15) is 0 Å². The molecular formula is C19H23NO3. The van der Waals surface area contributed by atoms with Gasteiger partial charge in [-0.25, -0.2) is 0 Å². The van der Waals surface area contributed by atoms with Crippen LogP contribution in [0.15, 0.2) is 30.3 Å². The molecule has 2 fully saturated rings. The van der Waals surface area contributed by atoms with Crippen LogP contribution in [0.1, 0.15) is 37.2 Å². The largest absolute Gasteiger partial charge is 0.462 e. The summed E-state index contributed by atoms with van der Waals surface area (Å²) in [5.74, 6) is 1.80. The molecule has 4 nitrogen and oxygen atoms in total. The molecule has 0 aliphatic carbocycles. The molecule has 4 atom stereocenters. The highest BCUT2D eigenvalue weighted by Crippen LogP contribution is 2.37. The van der Waals surface area contributed by atoms with Crippen LogP contribution in [0.25, 0.3) is 0 Å². The smallest absolute Gasteiger partial charge is 0.316 e. The van der Waals surface area contributed by atoms with Gasteiger partial charge >= 0.3 is 5.97 Å². The molecule has 1 N–H and O–H groups in total. The number of hydrogen-bond donors (Lipinski definition) is 1. The van der Waals surface area contributed by atoms with Crippen LogP contribution in [0.5, 0.6) is 0 Å². The van der Waals surface area contributed by atoms with Crippen molar-refractivity contribution in [3.63, 3.8) is 0 Å². The Hall–Kier alpha value is -1.83. The lowest BCUT2D eigenvalue weighted by molar-refractivity contribution is -0.155. The highest BCUT2D eigenvalue weighted by molar-refractivity contribution is 5.78. The Bertz CT molecular complexity index is 566. The number of rotatable bonds is 5. The average Bonchev–Trinajstić information content (AvgIpc) is 2.80. The molecule has 2 heterocycles. The number of terminal acetylenes is 1. The van der Waals surface area contributed by atoms with E-state index < -0.39 is 5.92 Å². The van der Waals surface area contributed by atoms with Crippen molar-refractivity contribution in [1.82, 2.24) is 4.90 Å². The van der Waals surface area contributed by atoms with Crippen LogP contribution in [0.2, 0.25) is 0 Å². The number of carbonyl (C=O) groups is 1. The van der Waals surface area contributed by atoms with E-state index in [0.717, 1.165) is 31.2 Å². The van der Waals surface area contributed by atoms with Crippen molar-refractivity contribution in [2.24, 2.45) is 0 Å². The first-order valence-corrected chi connectivity index (χ1v) is 8.28. The van der Waals surface area contributed by atoms with Crippen molar-refractivity contribution >= 4 is 5.97 Å². The molecule has 2 aliphatic heterocycles. The lowest BCUT2D eigenvalue weighted by atomic mass is 9.98. The van der Waals surface area contributed by atoms with Gasteiger partial charge in [0.05, 0.1) is 13.2 Å². The number of nitrogens with zero attached hydrogens (tertiary/aromatic N) is 1. The van der Waals surface area contributed by atoms with Crippen LogP contribution in [0, 0.1) is 12.3 Å². The number of esters is 1. The second-order valence-corrected chi connectivity index (χ2v) is 6.44. The van der Waals surface area contributed by atoms with Crippen LogP contribution in [-0.2, 0) is 9.53 Å². The fourth-order valence-corrected chi connectivity index (χ4v) is 3.93. The lowest BCUT2D eigenvalue weighted by Crippen LogP contribution is -2.46. The summed E-state index contributed by atoms with van der Waals surface area (Å²) in [6, 6.07) is 10.2. The van der Waals surface area contributed by atoms with E-state index in [1.165, 1.54) is 0 Å². The molecular weight excluding hydrogens is 290 g/mol. The Morgan fingerprint density at radius 1 is 1.30 bits per heavy atom. The maximum absolute atomic E-state index is 12.5. The highest BCUT2D eigenvalue weighted by atomic mass is 16.5. The summed E-state index contributed by atoms with van der Waals surface area (Å²) in [6.07, 6.45) is 9.32. The van der Waals surface area contributed by atoms with E-state index in [-0.39, 0.29) is 18.7 Å². The molecule has 23 heavy (non-hydrogen) atoms. The zero-order valence-electron chi connectivity index (χ0n) is 13.2. The van der Waals surface area contributed by atoms with Crippen molar-refractivity contribution in [3.05, 3.63) is 35.9 Å². The van der Waals surface area contributed by atoms with Crippen molar-refractivity contribution in [2.45, 2.75) is 49.8 Å². The molecule has 3 rings (SSSR count). The third-order valence-corrected chi connectivity index (χ3v) is 5.07. The van der Waals surface area contributed by atoms with Gasteiger partial charge in [-0.3, -0.25) is 9.69 Å². The Labute approximate surface area is 137 Å². The quantitative estimate of drug-likeness (QED) is 0.667. The summed E-state index contributed by atoms with van der Waals surface area (Å²) in [7, 11) is 0. The predicted octanol–water partition coefficient (Wildman–Crippen LogP) is 1.93. The van der Waals surface area contributed by atoms with Crippen LogP contribution in [0.3, 0.4) is 0 Å².